The zero-order valence-electron chi connectivity index (χ0n) is 25.1. The van der Waals surface area contributed by atoms with Gasteiger partial charge in [0.1, 0.15) is 0 Å². The van der Waals surface area contributed by atoms with Crippen LogP contribution in [0.15, 0.2) is 133 Å². The summed E-state index contributed by atoms with van der Waals surface area (Å²) in [6, 6.07) is 49.5. The van der Waals surface area contributed by atoms with Crippen LogP contribution in [0.3, 0.4) is 0 Å². The number of benzene rings is 7. The average Bonchev–Trinajstić information content (AvgIpc) is 3.63. The lowest BCUT2D eigenvalue weighted by atomic mass is 9.91. The summed E-state index contributed by atoms with van der Waals surface area (Å²) in [6.07, 6.45) is 0. The molecule has 0 aliphatic heterocycles. The maximum atomic E-state index is 2.40. The van der Waals surface area contributed by atoms with Gasteiger partial charge in [-0.15, -0.1) is 11.3 Å². The van der Waals surface area contributed by atoms with Gasteiger partial charge in [0, 0.05) is 20.2 Å². The maximum absolute atomic E-state index is 2.40. The SMILES string of the molecule is CC.CC.c1ccc2c(c1)-c1cccc3c(-c4cccc5sc6ccc(-c7ccc8ccccc8c7)cc6c45)ccc-2c13. The Morgan fingerprint density at radius 1 is 0.349 bits per heavy atom. The molecule has 0 bridgehead atoms. The Morgan fingerprint density at radius 2 is 0.930 bits per heavy atom. The Labute approximate surface area is 257 Å². The van der Waals surface area contributed by atoms with E-state index >= 15 is 0 Å². The first-order chi connectivity index (χ1) is 21.3. The van der Waals surface area contributed by atoms with Crippen molar-refractivity contribution in [1.82, 2.24) is 0 Å². The summed E-state index contributed by atoms with van der Waals surface area (Å²) in [5.41, 5.74) is 10.5. The molecule has 43 heavy (non-hydrogen) atoms. The Kier molecular flexibility index (Phi) is 7.05. The molecule has 0 spiro atoms. The van der Waals surface area contributed by atoms with Crippen LogP contribution in [0.1, 0.15) is 27.7 Å². The Balaban J connectivity index is 0.000000723. The van der Waals surface area contributed by atoms with Crippen LogP contribution >= 0.6 is 11.3 Å². The monoisotopic (exact) mass is 570 g/mol. The average molecular weight is 571 g/mol. The van der Waals surface area contributed by atoms with E-state index in [-0.39, 0.29) is 0 Å². The third-order valence-corrected chi connectivity index (χ3v) is 9.55. The van der Waals surface area contributed by atoms with E-state index < -0.39 is 0 Å². The summed E-state index contributed by atoms with van der Waals surface area (Å²) in [4.78, 5) is 0. The Bertz CT molecular complexity index is 2250. The van der Waals surface area contributed by atoms with Crippen LogP contribution in [0.5, 0.6) is 0 Å². The number of thiophene rings is 1. The molecule has 0 fully saturated rings. The second-order valence-electron chi connectivity index (χ2n) is 10.5. The van der Waals surface area contributed by atoms with E-state index in [4.69, 9.17) is 0 Å². The van der Waals surface area contributed by atoms with Crippen LogP contribution in [0, 0.1) is 0 Å². The van der Waals surface area contributed by atoms with E-state index in [2.05, 4.69) is 133 Å². The molecule has 0 radical (unpaired) electrons. The van der Waals surface area contributed by atoms with E-state index in [1.54, 1.807) is 0 Å². The fourth-order valence-electron chi connectivity index (χ4n) is 6.64. The van der Waals surface area contributed by atoms with Crippen molar-refractivity contribution in [2.45, 2.75) is 27.7 Å². The van der Waals surface area contributed by atoms with Crippen LogP contribution in [-0.2, 0) is 0 Å². The molecular weight excluding hydrogens is 537 g/mol. The molecule has 0 atom stereocenters. The summed E-state index contributed by atoms with van der Waals surface area (Å²) >= 11 is 1.89. The number of rotatable bonds is 2. The van der Waals surface area contributed by atoms with E-state index in [1.165, 1.54) is 86.2 Å². The minimum atomic E-state index is 1.26. The predicted octanol–water partition coefficient (Wildman–Crippen LogP) is 13.4. The standard InChI is InChI=1S/C38H22S.2C2H6/c1-2-8-24-21-25(16-15-23(24)7-1)26-17-20-35-34(22-26)38-32(13-6-14-36(38)39-35)29-18-19-33-28-10-4-3-9-27(28)30-11-5-12-31(29)37(30)33;2*1-2/h1-22H;2*1-2H3. The summed E-state index contributed by atoms with van der Waals surface area (Å²) in [5, 5.41) is 7.96. The second kappa shape index (κ2) is 11.2. The molecule has 0 N–H and O–H groups in total. The molecule has 0 unspecified atom stereocenters. The zero-order chi connectivity index (χ0) is 29.5. The van der Waals surface area contributed by atoms with Crippen molar-refractivity contribution >= 4 is 53.1 Å². The Hall–Kier alpha value is -4.72. The maximum Gasteiger partial charge on any atom is 0.0361 e. The summed E-state index contributed by atoms with van der Waals surface area (Å²) in [6.45, 7) is 8.00. The molecule has 0 amide bonds. The number of hydrogen-bond acceptors (Lipinski definition) is 1. The first-order valence-electron chi connectivity index (χ1n) is 15.4. The van der Waals surface area contributed by atoms with Gasteiger partial charge >= 0.3 is 0 Å². The molecule has 1 aliphatic rings. The largest absolute Gasteiger partial charge is 0.135 e. The molecule has 9 rings (SSSR count). The zero-order valence-corrected chi connectivity index (χ0v) is 25.9. The van der Waals surface area contributed by atoms with Gasteiger partial charge in [0.2, 0.25) is 0 Å². The van der Waals surface area contributed by atoms with Gasteiger partial charge in [-0.25, -0.2) is 0 Å². The Morgan fingerprint density at radius 3 is 1.72 bits per heavy atom. The fourth-order valence-corrected chi connectivity index (χ4v) is 7.76. The second-order valence-corrected chi connectivity index (χ2v) is 11.6. The lowest BCUT2D eigenvalue weighted by Gasteiger charge is -2.11. The molecule has 1 aromatic heterocycles. The number of hydrogen-bond donors (Lipinski definition) is 0. The van der Waals surface area contributed by atoms with Gasteiger partial charge in [-0.05, 0) is 90.3 Å². The molecule has 0 saturated heterocycles. The van der Waals surface area contributed by atoms with Crippen LogP contribution in [0.25, 0.3) is 86.2 Å². The third-order valence-electron chi connectivity index (χ3n) is 8.42. The van der Waals surface area contributed by atoms with Gasteiger partial charge in [0.25, 0.3) is 0 Å². The van der Waals surface area contributed by atoms with Crippen molar-refractivity contribution in [2.24, 2.45) is 0 Å². The van der Waals surface area contributed by atoms with E-state index in [0.717, 1.165) is 0 Å². The van der Waals surface area contributed by atoms with Crippen LogP contribution < -0.4 is 0 Å². The van der Waals surface area contributed by atoms with E-state index in [1.807, 2.05) is 39.0 Å². The topological polar surface area (TPSA) is 0 Å². The molecule has 8 aromatic rings. The van der Waals surface area contributed by atoms with Gasteiger partial charge in [-0.1, -0.05) is 137 Å². The van der Waals surface area contributed by atoms with E-state index in [0.29, 0.717) is 0 Å². The first-order valence-corrected chi connectivity index (χ1v) is 16.3. The molecular formula is C42H34S. The highest BCUT2D eigenvalue weighted by atomic mass is 32.1. The minimum absolute atomic E-state index is 1.26. The highest BCUT2D eigenvalue weighted by Gasteiger charge is 2.23. The highest BCUT2D eigenvalue weighted by Crippen LogP contribution is 2.50. The molecule has 1 heteroatoms. The van der Waals surface area contributed by atoms with Gasteiger partial charge in [0.05, 0.1) is 0 Å². The molecule has 1 heterocycles. The molecule has 0 nitrogen and oxygen atoms in total. The highest BCUT2D eigenvalue weighted by molar-refractivity contribution is 7.26. The van der Waals surface area contributed by atoms with Crippen LogP contribution in [-0.4, -0.2) is 0 Å². The lowest BCUT2D eigenvalue weighted by Crippen LogP contribution is -1.85. The first kappa shape index (κ1) is 27.1. The van der Waals surface area contributed by atoms with Crippen molar-refractivity contribution < 1.29 is 0 Å². The van der Waals surface area contributed by atoms with Gasteiger partial charge in [0.15, 0.2) is 0 Å². The lowest BCUT2D eigenvalue weighted by molar-refractivity contribution is 1.50. The normalized spacial score (nSPS) is 11.3. The summed E-state index contributed by atoms with van der Waals surface area (Å²) < 4.78 is 2.67. The fraction of sp³-hybridized carbons (Fsp3) is 0.0952. The molecule has 0 saturated carbocycles. The van der Waals surface area contributed by atoms with Crippen molar-refractivity contribution in [2.75, 3.05) is 0 Å². The summed E-state index contributed by atoms with van der Waals surface area (Å²) in [5.74, 6) is 0. The number of fused-ring (bicyclic) bond motifs is 7. The quantitative estimate of drug-likeness (QED) is 0.194. The van der Waals surface area contributed by atoms with Crippen molar-refractivity contribution in [3.05, 3.63) is 133 Å². The van der Waals surface area contributed by atoms with Crippen molar-refractivity contribution in [3.63, 3.8) is 0 Å². The van der Waals surface area contributed by atoms with Gasteiger partial charge in [-0.3, -0.25) is 0 Å². The predicted molar refractivity (Wildman–Crippen MR) is 192 cm³/mol. The van der Waals surface area contributed by atoms with Gasteiger partial charge in [-0.2, -0.15) is 0 Å². The minimum Gasteiger partial charge on any atom is -0.135 e. The molecule has 7 aromatic carbocycles. The smallest absolute Gasteiger partial charge is 0.0361 e. The van der Waals surface area contributed by atoms with Crippen molar-refractivity contribution in [1.29, 1.82) is 0 Å². The van der Waals surface area contributed by atoms with E-state index in [9.17, 15) is 0 Å². The van der Waals surface area contributed by atoms with Crippen molar-refractivity contribution in [3.8, 4) is 44.5 Å². The summed E-state index contributed by atoms with van der Waals surface area (Å²) in [7, 11) is 0. The third kappa shape index (κ3) is 4.27. The molecule has 208 valence electrons. The molecule has 1 aliphatic carbocycles. The van der Waals surface area contributed by atoms with Gasteiger partial charge < -0.3 is 0 Å². The van der Waals surface area contributed by atoms with Crippen LogP contribution in [0.4, 0.5) is 0 Å². The van der Waals surface area contributed by atoms with Crippen LogP contribution in [0.2, 0.25) is 0 Å².